The van der Waals surface area contributed by atoms with Gasteiger partial charge in [0.1, 0.15) is 0 Å². The summed E-state index contributed by atoms with van der Waals surface area (Å²) < 4.78 is 5.32. The first-order valence-corrected chi connectivity index (χ1v) is 5.98. The van der Waals surface area contributed by atoms with Crippen molar-refractivity contribution in [3.8, 4) is 0 Å². The van der Waals surface area contributed by atoms with E-state index in [1.807, 2.05) is 6.92 Å². The Labute approximate surface area is 101 Å². The zero-order chi connectivity index (χ0) is 12.7. The summed E-state index contributed by atoms with van der Waals surface area (Å²) in [5.74, 6) is -1.38. The van der Waals surface area contributed by atoms with E-state index in [-0.39, 0.29) is 18.8 Å². The first-order chi connectivity index (χ1) is 8.17. The van der Waals surface area contributed by atoms with Crippen LogP contribution in [0.25, 0.3) is 0 Å². The highest BCUT2D eigenvalue weighted by atomic mass is 16.5. The Morgan fingerprint density at radius 1 is 1.47 bits per heavy atom. The fourth-order valence-electron chi connectivity index (χ4n) is 1.62. The molecule has 3 N–H and O–H groups in total. The van der Waals surface area contributed by atoms with Gasteiger partial charge in [-0.15, -0.1) is 0 Å². The van der Waals surface area contributed by atoms with Crippen molar-refractivity contribution in [1.29, 1.82) is 0 Å². The monoisotopic (exact) mass is 244 g/mol. The molecule has 6 nitrogen and oxygen atoms in total. The molecule has 1 heterocycles. The van der Waals surface area contributed by atoms with Crippen LogP contribution < -0.4 is 10.6 Å². The molecule has 2 amide bonds. The lowest BCUT2D eigenvalue weighted by molar-refractivity contribution is -0.140. The molecule has 0 aromatic carbocycles. The number of amides is 2. The second kappa shape index (κ2) is 7.24. The minimum Gasteiger partial charge on any atom is -0.394 e. The molecule has 0 spiro atoms. The Morgan fingerprint density at radius 3 is 2.76 bits per heavy atom. The van der Waals surface area contributed by atoms with E-state index in [1.165, 1.54) is 0 Å². The van der Waals surface area contributed by atoms with Gasteiger partial charge in [-0.3, -0.25) is 9.59 Å². The molecular formula is C11H20N2O4. The zero-order valence-corrected chi connectivity index (χ0v) is 10.1. The normalized spacial score (nSPS) is 20.9. The van der Waals surface area contributed by atoms with E-state index < -0.39 is 11.8 Å². The second-order valence-electron chi connectivity index (χ2n) is 4.11. The van der Waals surface area contributed by atoms with Crippen LogP contribution in [0.5, 0.6) is 0 Å². The molecule has 0 bridgehead atoms. The molecule has 1 saturated heterocycles. The third-order valence-electron chi connectivity index (χ3n) is 2.77. The van der Waals surface area contributed by atoms with E-state index >= 15 is 0 Å². The molecule has 0 unspecified atom stereocenters. The SMILES string of the molecule is CC[C@@H](CO)NC(=O)C(=O)NC[C@@H]1CCCO1. The van der Waals surface area contributed by atoms with Crippen molar-refractivity contribution in [2.24, 2.45) is 0 Å². The quantitative estimate of drug-likeness (QED) is 0.551. The van der Waals surface area contributed by atoms with Crippen LogP contribution in [0.1, 0.15) is 26.2 Å². The lowest BCUT2D eigenvalue weighted by Crippen LogP contribution is -2.47. The number of aliphatic hydroxyl groups excluding tert-OH is 1. The number of hydrogen-bond donors (Lipinski definition) is 3. The molecule has 1 fully saturated rings. The number of hydrogen-bond acceptors (Lipinski definition) is 4. The standard InChI is InChI=1S/C11H20N2O4/c1-2-8(7-14)13-11(16)10(15)12-6-9-4-3-5-17-9/h8-9,14H,2-7H2,1H3,(H,12,15)(H,13,16)/t8-,9-/m0/s1. The first kappa shape index (κ1) is 13.9. The highest BCUT2D eigenvalue weighted by Crippen LogP contribution is 2.10. The average Bonchev–Trinajstić information content (AvgIpc) is 2.85. The Hall–Kier alpha value is -1.14. The first-order valence-electron chi connectivity index (χ1n) is 5.98. The van der Waals surface area contributed by atoms with E-state index in [1.54, 1.807) is 0 Å². The van der Waals surface area contributed by atoms with E-state index in [2.05, 4.69) is 10.6 Å². The van der Waals surface area contributed by atoms with Gasteiger partial charge in [0.25, 0.3) is 0 Å². The van der Waals surface area contributed by atoms with Crippen molar-refractivity contribution in [3.63, 3.8) is 0 Å². The number of nitrogens with one attached hydrogen (secondary N) is 2. The molecule has 0 aromatic rings. The van der Waals surface area contributed by atoms with Gasteiger partial charge in [-0.2, -0.15) is 0 Å². The summed E-state index contributed by atoms with van der Waals surface area (Å²) in [6, 6.07) is -0.365. The van der Waals surface area contributed by atoms with Gasteiger partial charge in [0.15, 0.2) is 0 Å². The zero-order valence-electron chi connectivity index (χ0n) is 10.1. The van der Waals surface area contributed by atoms with Gasteiger partial charge < -0.3 is 20.5 Å². The minimum atomic E-state index is -0.705. The van der Waals surface area contributed by atoms with Crippen LogP contribution in [-0.4, -0.2) is 48.8 Å². The number of aliphatic hydroxyl groups is 1. The predicted molar refractivity (Wildman–Crippen MR) is 61.3 cm³/mol. The summed E-state index contributed by atoms with van der Waals surface area (Å²) in [5.41, 5.74) is 0. The van der Waals surface area contributed by atoms with Gasteiger partial charge in [0.2, 0.25) is 0 Å². The van der Waals surface area contributed by atoms with Crippen LogP contribution >= 0.6 is 0 Å². The minimum absolute atomic E-state index is 0.0200. The van der Waals surface area contributed by atoms with Crippen LogP contribution in [-0.2, 0) is 14.3 Å². The predicted octanol–water partition coefficient (Wildman–Crippen LogP) is -0.831. The van der Waals surface area contributed by atoms with Crippen LogP contribution in [0.4, 0.5) is 0 Å². The fraction of sp³-hybridized carbons (Fsp3) is 0.818. The third-order valence-corrected chi connectivity index (χ3v) is 2.77. The molecule has 1 rings (SSSR count). The van der Waals surface area contributed by atoms with Crippen LogP contribution in [0.2, 0.25) is 0 Å². The Kier molecular flexibility index (Phi) is 5.93. The Morgan fingerprint density at radius 2 is 2.24 bits per heavy atom. The van der Waals surface area contributed by atoms with Crippen molar-refractivity contribution < 1.29 is 19.4 Å². The van der Waals surface area contributed by atoms with Crippen molar-refractivity contribution in [2.75, 3.05) is 19.8 Å². The lowest BCUT2D eigenvalue weighted by Gasteiger charge is -2.14. The molecule has 2 atom stereocenters. The van der Waals surface area contributed by atoms with Gasteiger partial charge >= 0.3 is 11.8 Å². The van der Waals surface area contributed by atoms with E-state index in [0.717, 1.165) is 19.4 Å². The highest BCUT2D eigenvalue weighted by molar-refractivity contribution is 6.35. The third kappa shape index (κ3) is 4.70. The molecule has 0 aliphatic carbocycles. The van der Waals surface area contributed by atoms with E-state index in [9.17, 15) is 9.59 Å². The summed E-state index contributed by atoms with van der Waals surface area (Å²) in [7, 11) is 0. The number of carbonyl (C=O) groups is 2. The summed E-state index contributed by atoms with van der Waals surface area (Å²) in [5, 5.41) is 13.9. The largest absolute Gasteiger partial charge is 0.394 e. The molecular weight excluding hydrogens is 224 g/mol. The molecule has 0 saturated carbocycles. The van der Waals surface area contributed by atoms with E-state index in [4.69, 9.17) is 9.84 Å². The molecule has 17 heavy (non-hydrogen) atoms. The molecule has 0 radical (unpaired) electrons. The summed E-state index contributed by atoms with van der Waals surface area (Å²) in [6.07, 6.45) is 2.51. The van der Waals surface area contributed by atoms with Gasteiger partial charge in [-0.25, -0.2) is 0 Å². The summed E-state index contributed by atoms with van der Waals surface area (Å²) in [4.78, 5) is 22.8. The molecule has 1 aliphatic heterocycles. The van der Waals surface area contributed by atoms with Crippen molar-refractivity contribution >= 4 is 11.8 Å². The molecule has 0 aromatic heterocycles. The smallest absolute Gasteiger partial charge is 0.309 e. The fourth-order valence-corrected chi connectivity index (χ4v) is 1.62. The Bertz CT molecular complexity index is 260. The second-order valence-corrected chi connectivity index (χ2v) is 4.11. The van der Waals surface area contributed by atoms with Crippen molar-refractivity contribution in [3.05, 3.63) is 0 Å². The molecule has 6 heteroatoms. The summed E-state index contributed by atoms with van der Waals surface area (Å²) in [6.45, 7) is 2.74. The topological polar surface area (TPSA) is 87.7 Å². The van der Waals surface area contributed by atoms with Gasteiger partial charge in [-0.05, 0) is 19.3 Å². The van der Waals surface area contributed by atoms with Gasteiger partial charge in [0.05, 0.1) is 18.8 Å². The van der Waals surface area contributed by atoms with Gasteiger partial charge in [0, 0.05) is 13.2 Å². The number of ether oxygens (including phenoxy) is 1. The average molecular weight is 244 g/mol. The van der Waals surface area contributed by atoms with Crippen LogP contribution in [0, 0.1) is 0 Å². The maximum Gasteiger partial charge on any atom is 0.309 e. The Balaban J connectivity index is 2.23. The number of carbonyl (C=O) groups excluding carboxylic acids is 2. The van der Waals surface area contributed by atoms with Gasteiger partial charge in [-0.1, -0.05) is 6.92 Å². The van der Waals surface area contributed by atoms with Crippen molar-refractivity contribution in [1.82, 2.24) is 10.6 Å². The van der Waals surface area contributed by atoms with Crippen LogP contribution in [0.3, 0.4) is 0 Å². The number of rotatable bonds is 5. The summed E-state index contributed by atoms with van der Waals surface area (Å²) >= 11 is 0. The lowest BCUT2D eigenvalue weighted by atomic mass is 10.2. The van der Waals surface area contributed by atoms with Crippen molar-refractivity contribution in [2.45, 2.75) is 38.3 Å². The van der Waals surface area contributed by atoms with E-state index in [0.29, 0.717) is 13.0 Å². The molecule has 1 aliphatic rings. The molecule has 98 valence electrons. The maximum atomic E-state index is 11.4. The highest BCUT2D eigenvalue weighted by Gasteiger charge is 2.20. The van der Waals surface area contributed by atoms with Crippen LogP contribution in [0.15, 0.2) is 0 Å². The maximum absolute atomic E-state index is 11.4.